The molecule has 9 nitrogen and oxygen atoms in total. The number of benzene rings is 2. The monoisotopic (exact) mass is 436 g/mol. The van der Waals surface area contributed by atoms with E-state index in [1.54, 1.807) is 54.6 Å². The van der Waals surface area contributed by atoms with E-state index in [9.17, 15) is 4.79 Å². The second-order valence-corrected chi connectivity index (χ2v) is 7.02. The number of carbonyl (C=O) groups excluding carboxylic acids is 1. The highest BCUT2D eigenvalue weighted by molar-refractivity contribution is 6.00. The molecule has 2 atom stereocenters. The van der Waals surface area contributed by atoms with Gasteiger partial charge in [0.05, 0.1) is 13.7 Å². The van der Waals surface area contributed by atoms with Crippen molar-refractivity contribution in [1.29, 1.82) is 0 Å². The number of carbonyl (C=O) groups is 1. The third kappa shape index (κ3) is 4.59. The summed E-state index contributed by atoms with van der Waals surface area (Å²) in [6, 6.07) is 13.9. The summed E-state index contributed by atoms with van der Waals surface area (Å²) < 4.78 is 16.8. The van der Waals surface area contributed by atoms with Gasteiger partial charge in [-0.15, -0.1) is 6.58 Å². The van der Waals surface area contributed by atoms with Crippen LogP contribution in [0.2, 0.25) is 0 Å². The lowest BCUT2D eigenvalue weighted by molar-refractivity contribution is -0.149. The number of ether oxygens (including phenoxy) is 3. The highest BCUT2D eigenvalue weighted by Gasteiger charge is 2.54. The topological polar surface area (TPSA) is 126 Å². The van der Waals surface area contributed by atoms with E-state index in [0.29, 0.717) is 35.6 Å². The average molecular weight is 436 g/mol. The maximum atomic E-state index is 13.0. The zero-order chi connectivity index (χ0) is 23.0. The predicted molar refractivity (Wildman–Crippen MR) is 119 cm³/mol. The molecular formula is C23H24N4O5. The number of methoxy groups -OCH3 is 1. The van der Waals surface area contributed by atoms with E-state index in [2.05, 4.69) is 21.6 Å². The Labute approximate surface area is 185 Å². The van der Waals surface area contributed by atoms with E-state index in [0.717, 1.165) is 0 Å². The molecule has 0 amide bonds. The number of aliphatic imine (C=N–C) groups is 1. The van der Waals surface area contributed by atoms with Crippen LogP contribution in [-0.2, 0) is 14.3 Å². The summed E-state index contributed by atoms with van der Waals surface area (Å²) in [5.74, 6) is 0.299. The van der Waals surface area contributed by atoms with Gasteiger partial charge >= 0.3 is 5.97 Å². The zero-order valence-corrected chi connectivity index (χ0v) is 17.7. The number of esters is 1. The molecule has 0 radical (unpaired) electrons. The minimum Gasteiger partial charge on any atom is -0.494 e. The summed E-state index contributed by atoms with van der Waals surface area (Å²) in [6.45, 7) is 4.22. The summed E-state index contributed by atoms with van der Waals surface area (Å²) >= 11 is 0. The molecule has 0 saturated heterocycles. The molecule has 0 aliphatic carbocycles. The summed E-state index contributed by atoms with van der Waals surface area (Å²) in [6.07, 6.45) is 1.38. The van der Waals surface area contributed by atoms with Gasteiger partial charge in [0.15, 0.2) is 6.10 Å². The minimum absolute atomic E-state index is 0.0559. The largest absolute Gasteiger partial charge is 0.494 e. The normalized spacial score (nSPS) is 19.3. The molecular weight excluding hydrogens is 412 g/mol. The first kappa shape index (κ1) is 22.9. The SMILES string of the molecule is C=CC[C@@]1(C(=O)OC)N=C(c2ccc(OCCCO)cc2)O[C@@H]1c1ccccc1N=[N+]=[N-]. The Morgan fingerprint density at radius 2 is 2.09 bits per heavy atom. The first-order valence-corrected chi connectivity index (χ1v) is 10.0. The number of nitrogens with zero attached hydrogens (tertiary/aromatic N) is 4. The Hall–Kier alpha value is -3.81. The van der Waals surface area contributed by atoms with Crippen molar-refractivity contribution in [3.8, 4) is 5.75 Å². The molecule has 0 saturated carbocycles. The lowest BCUT2D eigenvalue weighted by Gasteiger charge is -2.28. The number of azide groups is 1. The zero-order valence-electron chi connectivity index (χ0n) is 17.7. The van der Waals surface area contributed by atoms with Gasteiger partial charge in [0.1, 0.15) is 5.75 Å². The second-order valence-electron chi connectivity index (χ2n) is 7.02. The van der Waals surface area contributed by atoms with Gasteiger partial charge in [-0.1, -0.05) is 35.5 Å². The maximum absolute atomic E-state index is 13.0. The van der Waals surface area contributed by atoms with Crippen LogP contribution in [0.25, 0.3) is 10.4 Å². The van der Waals surface area contributed by atoms with E-state index < -0.39 is 17.6 Å². The summed E-state index contributed by atoms with van der Waals surface area (Å²) in [7, 11) is 1.29. The maximum Gasteiger partial charge on any atom is 0.338 e. The highest BCUT2D eigenvalue weighted by atomic mass is 16.5. The van der Waals surface area contributed by atoms with Crippen LogP contribution in [0.5, 0.6) is 5.75 Å². The third-order valence-electron chi connectivity index (χ3n) is 5.00. The number of aliphatic hydroxyl groups is 1. The number of hydrogen-bond acceptors (Lipinski definition) is 7. The molecule has 0 bridgehead atoms. The van der Waals surface area contributed by atoms with Crippen molar-refractivity contribution in [2.45, 2.75) is 24.5 Å². The smallest absolute Gasteiger partial charge is 0.338 e. The summed E-state index contributed by atoms with van der Waals surface area (Å²) in [5, 5.41) is 12.6. The fourth-order valence-electron chi connectivity index (χ4n) is 3.51. The van der Waals surface area contributed by atoms with E-state index in [-0.39, 0.29) is 18.9 Å². The summed E-state index contributed by atoms with van der Waals surface area (Å²) in [5.41, 5.74) is 9.03. The van der Waals surface area contributed by atoms with Gasteiger partial charge in [0.25, 0.3) is 0 Å². The van der Waals surface area contributed by atoms with Crippen LogP contribution in [0, 0.1) is 0 Å². The van der Waals surface area contributed by atoms with E-state index in [4.69, 9.17) is 24.8 Å². The van der Waals surface area contributed by atoms with Crippen molar-refractivity contribution in [2.75, 3.05) is 20.3 Å². The van der Waals surface area contributed by atoms with Crippen LogP contribution in [0.3, 0.4) is 0 Å². The number of rotatable bonds is 10. The molecule has 0 spiro atoms. The van der Waals surface area contributed by atoms with Crippen LogP contribution in [0.1, 0.15) is 30.1 Å². The molecule has 0 unspecified atom stereocenters. The van der Waals surface area contributed by atoms with Crippen molar-refractivity contribution >= 4 is 17.6 Å². The van der Waals surface area contributed by atoms with Crippen molar-refractivity contribution in [3.63, 3.8) is 0 Å². The van der Waals surface area contributed by atoms with Crippen LogP contribution in [-0.4, -0.2) is 42.8 Å². The minimum atomic E-state index is -1.43. The average Bonchev–Trinajstić information content (AvgIpc) is 3.20. The fraction of sp³-hybridized carbons (Fsp3) is 0.304. The van der Waals surface area contributed by atoms with Gasteiger partial charge < -0.3 is 19.3 Å². The van der Waals surface area contributed by atoms with Gasteiger partial charge in [-0.3, -0.25) is 0 Å². The fourth-order valence-corrected chi connectivity index (χ4v) is 3.51. The Morgan fingerprint density at radius 1 is 1.34 bits per heavy atom. The molecule has 0 fully saturated rings. The molecule has 0 aromatic heterocycles. The molecule has 1 aliphatic heterocycles. The van der Waals surface area contributed by atoms with Gasteiger partial charge in [0.2, 0.25) is 11.4 Å². The van der Waals surface area contributed by atoms with E-state index >= 15 is 0 Å². The molecule has 9 heteroatoms. The first-order valence-electron chi connectivity index (χ1n) is 10.0. The van der Waals surface area contributed by atoms with Crippen molar-refractivity contribution < 1.29 is 24.1 Å². The van der Waals surface area contributed by atoms with Crippen LogP contribution >= 0.6 is 0 Å². The molecule has 32 heavy (non-hydrogen) atoms. The van der Waals surface area contributed by atoms with Crippen molar-refractivity contribution in [1.82, 2.24) is 0 Å². The van der Waals surface area contributed by atoms with Crippen molar-refractivity contribution in [3.05, 3.63) is 82.8 Å². The molecule has 1 heterocycles. The van der Waals surface area contributed by atoms with Crippen LogP contribution < -0.4 is 4.74 Å². The van der Waals surface area contributed by atoms with E-state index in [1.807, 2.05) is 0 Å². The Bertz CT molecular complexity index is 1050. The van der Waals surface area contributed by atoms with Crippen LogP contribution in [0.15, 0.2) is 71.3 Å². The van der Waals surface area contributed by atoms with Crippen LogP contribution in [0.4, 0.5) is 5.69 Å². The lowest BCUT2D eigenvalue weighted by atomic mass is 9.85. The molecule has 2 aromatic rings. The van der Waals surface area contributed by atoms with Gasteiger partial charge in [-0.2, -0.15) is 0 Å². The molecule has 1 N–H and O–H groups in total. The Balaban J connectivity index is 2.03. The Kier molecular flexibility index (Phi) is 7.49. The Morgan fingerprint density at radius 3 is 2.75 bits per heavy atom. The lowest BCUT2D eigenvalue weighted by Crippen LogP contribution is -2.41. The summed E-state index contributed by atoms with van der Waals surface area (Å²) in [4.78, 5) is 20.5. The molecule has 1 aliphatic rings. The van der Waals surface area contributed by atoms with E-state index in [1.165, 1.54) is 7.11 Å². The number of hydrogen-bond donors (Lipinski definition) is 1. The van der Waals surface area contributed by atoms with Gasteiger partial charge in [-0.25, -0.2) is 9.79 Å². The third-order valence-corrected chi connectivity index (χ3v) is 5.00. The quantitative estimate of drug-likeness (QED) is 0.148. The second kappa shape index (κ2) is 10.5. The van der Waals surface area contributed by atoms with Gasteiger partial charge in [0, 0.05) is 41.2 Å². The predicted octanol–water partition coefficient (Wildman–Crippen LogP) is 4.40. The highest BCUT2D eigenvalue weighted by Crippen LogP contribution is 2.45. The molecule has 2 aromatic carbocycles. The van der Waals surface area contributed by atoms with Gasteiger partial charge in [-0.05, 0) is 29.8 Å². The molecule has 3 rings (SSSR count). The van der Waals surface area contributed by atoms with Crippen molar-refractivity contribution in [2.24, 2.45) is 10.1 Å². The first-order chi connectivity index (χ1) is 15.6. The number of aliphatic hydroxyl groups excluding tert-OH is 1. The molecule has 166 valence electrons. The standard InChI is InChI=1S/C23H24N4O5/c1-3-13-23(22(29)30-2)20(18-7-4-5-8-19(18)26-27-24)32-21(25-23)16-9-11-17(12-10-16)31-15-6-14-28/h3-5,7-12,20,28H,1,6,13-15H2,2H3/t20-,23-/m1/s1.